The summed E-state index contributed by atoms with van der Waals surface area (Å²) in [5, 5.41) is 0. The molecule has 3 aliphatic heterocycles. The Bertz CT molecular complexity index is 275. The Morgan fingerprint density at radius 1 is 1.00 bits per heavy atom. The predicted octanol–water partition coefficient (Wildman–Crippen LogP) is 2.52. The van der Waals surface area contributed by atoms with Crippen LogP contribution in [0.15, 0.2) is 0 Å². The lowest BCUT2D eigenvalue weighted by Crippen LogP contribution is -2.50. The van der Waals surface area contributed by atoms with Crippen molar-refractivity contribution in [1.29, 1.82) is 0 Å². The minimum Gasteiger partial charge on any atom is -0.322 e. The zero-order chi connectivity index (χ0) is 13.0. The molecule has 0 saturated carbocycles. The van der Waals surface area contributed by atoms with Crippen molar-refractivity contribution < 1.29 is 9.22 Å². The Balaban J connectivity index is 1.35. The van der Waals surface area contributed by atoms with Crippen LogP contribution >= 0.6 is 11.8 Å². The van der Waals surface area contributed by atoms with Gasteiger partial charge in [-0.15, -0.1) is 11.8 Å². The largest absolute Gasteiger partial charge is 0.322 e. The molecule has 0 amide bonds. The standard InChI is InChI=1S/C15H29N2OS/c1-3-7-16(8-4-1)13-19-12-15-11-17(14-18-15)9-5-2-6-10-17/h15H,1-14H2/q+1. The highest BCUT2D eigenvalue weighted by molar-refractivity contribution is 7.99. The maximum absolute atomic E-state index is 6.07. The number of hydrogen-bond acceptors (Lipinski definition) is 3. The maximum atomic E-state index is 6.07. The van der Waals surface area contributed by atoms with Gasteiger partial charge in [0.2, 0.25) is 0 Å². The van der Waals surface area contributed by atoms with Crippen molar-refractivity contribution in [3.05, 3.63) is 0 Å². The third-order valence-electron chi connectivity index (χ3n) is 4.97. The first-order valence-electron chi connectivity index (χ1n) is 8.13. The maximum Gasteiger partial charge on any atom is 0.183 e. The first-order chi connectivity index (χ1) is 9.36. The number of ether oxygens (including phenoxy) is 1. The van der Waals surface area contributed by atoms with Crippen molar-refractivity contribution >= 4 is 11.8 Å². The molecule has 0 radical (unpaired) electrons. The molecule has 0 aromatic rings. The second kappa shape index (κ2) is 6.79. The second-order valence-corrected chi connectivity index (χ2v) is 7.63. The number of piperidine rings is 2. The third-order valence-corrected chi connectivity index (χ3v) is 6.12. The van der Waals surface area contributed by atoms with Crippen LogP contribution in [-0.2, 0) is 4.74 Å². The van der Waals surface area contributed by atoms with E-state index in [4.69, 9.17) is 4.74 Å². The molecular weight excluding hydrogens is 256 g/mol. The molecule has 4 heteroatoms. The molecule has 3 aliphatic rings. The van der Waals surface area contributed by atoms with E-state index in [0.717, 1.165) is 6.73 Å². The van der Waals surface area contributed by atoms with Crippen molar-refractivity contribution in [3.63, 3.8) is 0 Å². The molecule has 0 aromatic heterocycles. The van der Waals surface area contributed by atoms with Crippen LogP contribution in [-0.4, -0.2) is 66.6 Å². The Labute approximate surface area is 122 Å². The fraction of sp³-hybridized carbons (Fsp3) is 1.00. The molecule has 0 N–H and O–H groups in total. The van der Waals surface area contributed by atoms with Crippen LogP contribution in [0.25, 0.3) is 0 Å². The molecule has 1 spiro atoms. The monoisotopic (exact) mass is 285 g/mol. The summed E-state index contributed by atoms with van der Waals surface area (Å²) in [5.74, 6) is 2.43. The van der Waals surface area contributed by atoms with Gasteiger partial charge in [-0.1, -0.05) is 6.42 Å². The van der Waals surface area contributed by atoms with E-state index < -0.39 is 0 Å². The number of likely N-dealkylation sites (tertiary alicyclic amines) is 1. The summed E-state index contributed by atoms with van der Waals surface area (Å²) in [6, 6.07) is 0. The highest BCUT2D eigenvalue weighted by atomic mass is 32.2. The SMILES string of the molecule is C1CCN(CSCC2C[N+]3(CCCCC3)CO2)CC1. The average Bonchev–Trinajstić information content (AvgIpc) is 2.84. The lowest BCUT2D eigenvalue weighted by Gasteiger charge is -2.36. The van der Waals surface area contributed by atoms with Gasteiger partial charge in [0.15, 0.2) is 6.73 Å². The Morgan fingerprint density at radius 2 is 1.74 bits per heavy atom. The predicted molar refractivity (Wildman–Crippen MR) is 81.2 cm³/mol. The van der Waals surface area contributed by atoms with Gasteiger partial charge in [-0.3, -0.25) is 9.38 Å². The lowest BCUT2D eigenvalue weighted by molar-refractivity contribution is -0.929. The molecule has 3 heterocycles. The summed E-state index contributed by atoms with van der Waals surface area (Å²) in [7, 11) is 0. The normalized spacial score (nSPS) is 31.9. The molecular formula is C15H29N2OS+. The highest BCUT2D eigenvalue weighted by Gasteiger charge is 2.39. The van der Waals surface area contributed by atoms with E-state index in [2.05, 4.69) is 16.7 Å². The van der Waals surface area contributed by atoms with Crippen molar-refractivity contribution in [2.45, 2.75) is 44.6 Å². The summed E-state index contributed by atoms with van der Waals surface area (Å²) in [6.07, 6.45) is 9.03. The van der Waals surface area contributed by atoms with Crippen LogP contribution in [0.3, 0.4) is 0 Å². The van der Waals surface area contributed by atoms with E-state index in [0.29, 0.717) is 6.10 Å². The smallest absolute Gasteiger partial charge is 0.183 e. The summed E-state index contributed by atoms with van der Waals surface area (Å²) in [4.78, 5) is 2.62. The van der Waals surface area contributed by atoms with E-state index in [-0.39, 0.29) is 0 Å². The number of thioether (sulfide) groups is 1. The second-order valence-electron chi connectivity index (χ2n) is 6.63. The molecule has 0 aromatic carbocycles. The molecule has 0 aliphatic carbocycles. The van der Waals surface area contributed by atoms with Crippen LogP contribution in [0, 0.1) is 0 Å². The first-order valence-corrected chi connectivity index (χ1v) is 9.29. The fourth-order valence-electron chi connectivity index (χ4n) is 3.80. The molecule has 1 unspecified atom stereocenters. The van der Waals surface area contributed by atoms with Gasteiger partial charge < -0.3 is 4.74 Å². The number of rotatable bonds is 4. The Hall–Kier alpha value is 0.230. The number of quaternary nitrogens is 1. The van der Waals surface area contributed by atoms with Crippen molar-refractivity contribution in [1.82, 2.24) is 4.90 Å². The summed E-state index contributed by atoms with van der Waals surface area (Å²) < 4.78 is 7.34. The summed E-state index contributed by atoms with van der Waals surface area (Å²) in [5.41, 5.74) is 0. The summed E-state index contributed by atoms with van der Waals surface area (Å²) >= 11 is 2.10. The van der Waals surface area contributed by atoms with Crippen molar-refractivity contribution in [2.24, 2.45) is 0 Å². The minimum atomic E-state index is 0.521. The zero-order valence-electron chi connectivity index (χ0n) is 12.2. The fourth-order valence-corrected chi connectivity index (χ4v) is 4.88. The number of hydrogen-bond donors (Lipinski definition) is 0. The first kappa shape index (κ1) is 14.2. The third kappa shape index (κ3) is 3.87. The molecule has 3 saturated heterocycles. The Kier molecular flexibility index (Phi) is 5.07. The van der Waals surface area contributed by atoms with E-state index in [9.17, 15) is 0 Å². The molecule has 1 atom stereocenters. The van der Waals surface area contributed by atoms with Gasteiger partial charge in [-0.2, -0.15) is 0 Å². The highest BCUT2D eigenvalue weighted by Crippen LogP contribution is 2.27. The van der Waals surface area contributed by atoms with Crippen LogP contribution in [0.5, 0.6) is 0 Å². The van der Waals surface area contributed by atoms with Gasteiger partial charge >= 0.3 is 0 Å². The topological polar surface area (TPSA) is 12.5 Å². The van der Waals surface area contributed by atoms with Crippen LogP contribution in [0.1, 0.15) is 38.5 Å². The lowest BCUT2D eigenvalue weighted by atomic mass is 10.1. The van der Waals surface area contributed by atoms with Gasteiger partial charge in [0, 0.05) is 11.6 Å². The average molecular weight is 285 g/mol. The van der Waals surface area contributed by atoms with Gasteiger partial charge in [0.25, 0.3) is 0 Å². The van der Waals surface area contributed by atoms with E-state index in [1.54, 1.807) is 0 Å². The molecule has 3 rings (SSSR count). The van der Waals surface area contributed by atoms with Gasteiger partial charge in [0.05, 0.1) is 13.1 Å². The van der Waals surface area contributed by atoms with Gasteiger partial charge in [-0.25, -0.2) is 0 Å². The zero-order valence-corrected chi connectivity index (χ0v) is 13.0. The van der Waals surface area contributed by atoms with E-state index in [1.807, 2.05) is 0 Å². The van der Waals surface area contributed by atoms with Crippen molar-refractivity contribution in [3.8, 4) is 0 Å². The van der Waals surface area contributed by atoms with Crippen LogP contribution < -0.4 is 0 Å². The molecule has 110 valence electrons. The molecule has 19 heavy (non-hydrogen) atoms. The number of nitrogens with zero attached hydrogens (tertiary/aromatic N) is 2. The Morgan fingerprint density at radius 3 is 2.53 bits per heavy atom. The van der Waals surface area contributed by atoms with Gasteiger partial charge in [-0.05, 0) is 45.2 Å². The van der Waals surface area contributed by atoms with Crippen LogP contribution in [0.2, 0.25) is 0 Å². The minimum absolute atomic E-state index is 0.521. The van der Waals surface area contributed by atoms with Gasteiger partial charge in [0.1, 0.15) is 12.6 Å². The van der Waals surface area contributed by atoms with E-state index >= 15 is 0 Å². The van der Waals surface area contributed by atoms with E-state index in [1.165, 1.54) is 87.4 Å². The molecule has 3 nitrogen and oxygen atoms in total. The van der Waals surface area contributed by atoms with Crippen LogP contribution in [0.4, 0.5) is 0 Å². The molecule has 0 bridgehead atoms. The molecule has 3 fully saturated rings. The quantitative estimate of drug-likeness (QED) is 0.737. The summed E-state index contributed by atoms with van der Waals surface area (Å²) in [6.45, 7) is 7.65. The van der Waals surface area contributed by atoms with Crippen molar-refractivity contribution in [2.75, 3.05) is 51.1 Å².